The molecule has 0 saturated carbocycles. The molecule has 0 unspecified atom stereocenters. The Morgan fingerprint density at radius 2 is 2.11 bits per heavy atom. The topological polar surface area (TPSA) is 66.4 Å². The summed E-state index contributed by atoms with van der Waals surface area (Å²) in [5, 5.41) is 8.58. The van der Waals surface area contributed by atoms with Gasteiger partial charge in [0.1, 0.15) is 10.7 Å². The minimum Gasteiger partial charge on any atom is -0.396 e. The normalized spacial score (nSPS) is 11.7. The first-order valence-corrected chi connectivity index (χ1v) is 9.04. The first kappa shape index (κ1) is 16.9. The lowest BCUT2D eigenvalue weighted by atomic mass is 10.3. The smallest absolute Gasteiger partial charge is 0.243 e. The van der Waals surface area contributed by atoms with Crippen molar-refractivity contribution in [3.05, 3.63) is 28.5 Å². The van der Waals surface area contributed by atoms with E-state index in [0.29, 0.717) is 16.6 Å². The predicted octanol–water partition coefficient (Wildman–Crippen LogP) is 1.98. The van der Waals surface area contributed by atoms with E-state index in [-0.39, 0.29) is 18.0 Å². The lowest BCUT2D eigenvalue weighted by Gasteiger charge is -2.07. The van der Waals surface area contributed by atoms with Gasteiger partial charge in [-0.05, 0) is 30.4 Å². The van der Waals surface area contributed by atoms with Gasteiger partial charge in [-0.1, -0.05) is 15.9 Å². The Morgan fingerprint density at radius 1 is 1.37 bits per heavy atom. The van der Waals surface area contributed by atoms with Crippen molar-refractivity contribution in [2.24, 2.45) is 0 Å². The van der Waals surface area contributed by atoms with Crippen LogP contribution in [0.1, 0.15) is 6.42 Å². The van der Waals surface area contributed by atoms with Gasteiger partial charge in [-0.25, -0.2) is 17.5 Å². The second kappa shape index (κ2) is 8.21. The molecule has 0 aliphatic heterocycles. The quantitative estimate of drug-likeness (QED) is 0.685. The monoisotopic (exact) mass is 371 g/mol. The highest BCUT2D eigenvalue weighted by Gasteiger charge is 2.18. The summed E-state index contributed by atoms with van der Waals surface area (Å²) in [5.41, 5.74) is 0. The zero-order valence-electron chi connectivity index (χ0n) is 10.1. The van der Waals surface area contributed by atoms with Crippen molar-refractivity contribution < 1.29 is 17.9 Å². The largest absolute Gasteiger partial charge is 0.396 e. The van der Waals surface area contributed by atoms with Gasteiger partial charge in [0.2, 0.25) is 10.0 Å². The third-order valence-electron chi connectivity index (χ3n) is 2.17. The van der Waals surface area contributed by atoms with Crippen LogP contribution in [0.25, 0.3) is 0 Å². The van der Waals surface area contributed by atoms with Crippen molar-refractivity contribution in [1.82, 2.24) is 4.72 Å². The molecule has 8 heteroatoms. The number of nitrogens with one attached hydrogen (secondary N) is 1. The molecule has 19 heavy (non-hydrogen) atoms. The van der Waals surface area contributed by atoms with E-state index in [9.17, 15) is 12.8 Å². The van der Waals surface area contributed by atoms with Crippen LogP contribution in [-0.4, -0.2) is 38.2 Å². The average molecular weight is 372 g/mol. The van der Waals surface area contributed by atoms with E-state index in [1.165, 1.54) is 23.9 Å². The molecule has 0 aromatic heterocycles. The van der Waals surface area contributed by atoms with Gasteiger partial charge in [0.25, 0.3) is 0 Å². The van der Waals surface area contributed by atoms with Crippen LogP contribution in [0.4, 0.5) is 4.39 Å². The summed E-state index contributed by atoms with van der Waals surface area (Å²) in [5.74, 6) is 0.567. The van der Waals surface area contributed by atoms with Gasteiger partial charge in [-0.15, -0.1) is 0 Å². The number of hydrogen-bond acceptors (Lipinski definition) is 4. The molecule has 0 amide bonds. The first-order valence-electron chi connectivity index (χ1n) is 5.60. The molecule has 108 valence electrons. The molecule has 0 spiro atoms. The van der Waals surface area contributed by atoms with Gasteiger partial charge in [-0.3, -0.25) is 0 Å². The van der Waals surface area contributed by atoms with Crippen LogP contribution < -0.4 is 4.72 Å². The number of thioether (sulfide) groups is 1. The first-order chi connectivity index (χ1) is 8.97. The van der Waals surface area contributed by atoms with Gasteiger partial charge in [-0.2, -0.15) is 11.8 Å². The van der Waals surface area contributed by atoms with Crippen LogP contribution in [0.5, 0.6) is 0 Å². The molecule has 1 aromatic carbocycles. The van der Waals surface area contributed by atoms with Crippen LogP contribution in [0.15, 0.2) is 27.6 Å². The SMILES string of the molecule is O=S(=O)(NCCSCCCO)c1ccc(Br)cc1F. The maximum atomic E-state index is 13.5. The second-order valence-corrected chi connectivity index (χ2v) is 7.54. The van der Waals surface area contributed by atoms with E-state index < -0.39 is 15.8 Å². The van der Waals surface area contributed by atoms with E-state index in [0.717, 1.165) is 11.8 Å². The Morgan fingerprint density at radius 3 is 2.74 bits per heavy atom. The van der Waals surface area contributed by atoms with Gasteiger partial charge in [0.15, 0.2) is 0 Å². The van der Waals surface area contributed by atoms with Gasteiger partial charge in [0.05, 0.1) is 0 Å². The summed E-state index contributed by atoms with van der Waals surface area (Å²) in [7, 11) is -3.81. The fraction of sp³-hybridized carbons (Fsp3) is 0.455. The Bertz CT molecular complexity index is 511. The van der Waals surface area contributed by atoms with Gasteiger partial charge >= 0.3 is 0 Å². The average Bonchev–Trinajstić information content (AvgIpc) is 2.33. The Labute approximate surface area is 125 Å². The highest BCUT2D eigenvalue weighted by Crippen LogP contribution is 2.19. The molecular weight excluding hydrogens is 357 g/mol. The fourth-order valence-electron chi connectivity index (χ4n) is 1.29. The molecule has 2 N–H and O–H groups in total. The zero-order valence-corrected chi connectivity index (χ0v) is 13.3. The molecule has 0 atom stereocenters. The number of aliphatic hydroxyl groups is 1. The van der Waals surface area contributed by atoms with Crippen LogP contribution >= 0.6 is 27.7 Å². The summed E-state index contributed by atoms with van der Waals surface area (Å²) >= 11 is 4.60. The Balaban J connectivity index is 2.52. The van der Waals surface area contributed by atoms with Crippen molar-refractivity contribution in [3.63, 3.8) is 0 Å². The van der Waals surface area contributed by atoms with Crippen molar-refractivity contribution >= 4 is 37.7 Å². The standard InChI is InChI=1S/C11H15BrFNO3S2/c12-9-2-3-11(10(13)8-9)19(16,17)14-4-7-18-6-1-5-15/h2-3,8,14-15H,1,4-7H2. The molecule has 0 fully saturated rings. The van der Waals surface area contributed by atoms with Crippen molar-refractivity contribution in [3.8, 4) is 0 Å². The number of sulfonamides is 1. The molecule has 1 aromatic rings. The summed E-state index contributed by atoms with van der Waals surface area (Å²) < 4.78 is 40.1. The minimum absolute atomic E-state index is 0.128. The van der Waals surface area contributed by atoms with E-state index in [4.69, 9.17) is 5.11 Å². The lowest BCUT2D eigenvalue weighted by molar-refractivity contribution is 0.296. The van der Waals surface area contributed by atoms with Crippen LogP contribution in [0.2, 0.25) is 0 Å². The fourth-order valence-corrected chi connectivity index (χ4v) is 3.62. The maximum Gasteiger partial charge on any atom is 0.243 e. The third kappa shape index (κ3) is 5.78. The lowest BCUT2D eigenvalue weighted by Crippen LogP contribution is -2.27. The summed E-state index contributed by atoms with van der Waals surface area (Å²) in [6.07, 6.45) is 0.679. The second-order valence-electron chi connectivity index (χ2n) is 3.66. The summed E-state index contributed by atoms with van der Waals surface area (Å²) in [6, 6.07) is 3.82. The number of aliphatic hydroxyl groups excluding tert-OH is 1. The zero-order chi connectivity index (χ0) is 14.3. The van der Waals surface area contributed by atoms with E-state index in [2.05, 4.69) is 20.7 Å². The Hall–Kier alpha value is -0.150. The van der Waals surface area contributed by atoms with E-state index in [1.807, 2.05) is 0 Å². The van der Waals surface area contributed by atoms with Crippen molar-refractivity contribution in [1.29, 1.82) is 0 Å². The minimum atomic E-state index is -3.81. The molecule has 0 aliphatic rings. The molecule has 0 bridgehead atoms. The highest BCUT2D eigenvalue weighted by molar-refractivity contribution is 9.10. The molecule has 1 rings (SSSR count). The van der Waals surface area contributed by atoms with Gasteiger partial charge in [0, 0.05) is 23.4 Å². The van der Waals surface area contributed by atoms with E-state index >= 15 is 0 Å². The van der Waals surface area contributed by atoms with Crippen LogP contribution in [0, 0.1) is 5.82 Å². The third-order valence-corrected chi connectivity index (χ3v) is 5.23. The predicted molar refractivity (Wildman–Crippen MR) is 78.3 cm³/mol. The molecule has 0 heterocycles. The van der Waals surface area contributed by atoms with Crippen molar-refractivity contribution in [2.45, 2.75) is 11.3 Å². The molecular formula is C11H15BrFNO3S2. The van der Waals surface area contributed by atoms with Crippen LogP contribution in [0.3, 0.4) is 0 Å². The maximum absolute atomic E-state index is 13.5. The number of benzene rings is 1. The van der Waals surface area contributed by atoms with E-state index in [1.54, 1.807) is 0 Å². The molecule has 0 saturated heterocycles. The number of halogens is 2. The molecule has 0 aliphatic carbocycles. The van der Waals surface area contributed by atoms with Crippen LogP contribution in [-0.2, 0) is 10.0 Å². The number of rotatable bonds is 8. The van der Waals surface area contributed by atoms with Gasteiger partial charge < -0.3 is 5.11 Å². The Kier molecular flexibility index (Phi) is 7.30. The molecule has 0 radical (unpaired) electrons. The highest BCUT2D eigenvalue weighted by atomic mass is 79.9. The van der Waals surface area contributed by atoms with Crippen molar-refractivity contribution in [2.75, 3.05) is 24.7 Å². The molecule has 4 nitrogen and oxygen atoms in total. The summed E-state index contributed by atoms with van der Waals surface area (Å²) in [4.78, 5) is -0.351. The summed E-state index contributed by atoms with van der Waals surface area (Å²) in [6.45, 7) is 0.358. The number of hydrogen-bond donors (Lipinski definition) is 2.